The van der Waals surface area contributed by atoms with Crippen LogP contribution < -0.4 is 0 Å². The second-order valence-electron chi connectivity index (χ2n) is 1.15. The molecule has 7 heavy (non-hydrogen) atoms. The Morgan fingerprint density at radius 2 is 2.29 bits per heavy atom. The van der Waals surface area contributed by atoms with E-state index >= 15 is 0 Å². The lowest BCUT2D eigenvalue weighted by atomic mass is 10.7. The zero-order valence-corrected chi connectivity index (χ0v) is 6.32. The Labute approximate surface area is 60.2 Å². The van der Waals surface area contributed by atoms with Gasteiger partial charge in [-0.1, -0.05) is 11.6 Å². The summed E-state index contributed by atoms with van der Waals surface area (Å²) >= 11 is 7.66. The Hall–Kier alpha value is 0.300. The van der Waals surface area contributed by atoms with Crippen molar-refractivity contribution in [2.45, 2.75) is 0 Å². The van der Waals surface area contributed by atoms with Crippen molar-refractivity contribution in [2.75, 3.05) is 0 Å². The van der Waals surface area contributed by atoms with Gasteiger partial charge in [-0.3, -0.25) is 0 Å². The van der Waals surface area contributed by atoms with Crippen LogP contribution in [0.25, 0.3) is 0 Å². The highest BCUT2D eigenvalue weighted by Crippen LogP contribution is 2.08. The van der Waals surface area contributed by atoms with Crippen molar-refractivity contribution in [2.24, 2.45) is 0 Å². The van der Waals surface area contributed by atoms with Gasteiger partial charge in [0.25, 0.3) is 0 Å². The molecule has 0 spiro atoms. The summed E-state index contributed by atoms with van der Waals surface area (Å²) in [4.78, 5) is 2.89. The van der Waals surface area contributed by atoms with E-state index in [1.807, 2.05) is 12.1 Å². The standard InChI is InChI=1S/C4H3ClIN/c5-3-1-2-4(6)7-3/h1-2,7H. The molecule has 0 unspecified atom stereocenters. The summed E-state index contributed by atoms with van der Waals surface area (Å²) in [5.41, 5.74) is 0. The van der Waals surface area contributed by atoms with Crippen molar-refractivity contribution in [3.63, 3.8) is 0 Å². The summed E-state index contributed by atoms with van der Waals surface area (Å²) in [7, 11) is 0. The molecule has 0 atom stereocenters. The highest BCUT2D eigenvalue weighted by Gasteiger charge is 1.86. The van der Waals surface area contributed by atoms with Gasteiger partial charge >= 0.3 is 0 Å². The molecule has 1 N–H and O–H groups in total. The monoisotopic (exact) mass is 227 g/mol. The Kier molecular flexibility index (Phi) is 1.59. The third kappa shape index (κ3) is 1.35. The first-order valence-corrected chi connectivity index (χ1v) is 3.25. The van der Waals surface area contributed by atoms with Crippen LogP contribution in [0, 0.1) is 3.70 Å². The molecule has 1 heterocycles. The van der Waals surface area contributed by atoms with Crippen LogP contribution in [-0.2, 0) is 0 Å². The molecule has 0 saturated heterocycles. The molecule has 0 aromatic carbocycles. The molecule has 0 aliphatic rings. The number of nitrogens with one attached hydrogen (secondary N) is 1. The zero-order valence-electron chi connectivity index (χ0n) is 3.41. The molecule has 1 rings (SSSR count). The van der Waals surface area contributed by atoms with E-state index in [4.69, 9.17) is 11.6 Å². The lowest BCUT2D eigenvalue weighted by molar-refractivity contribution is 1.35. The molecule has 0 amide bonds. The summed E-state index contributed by atoms with van der Waals surface area (Å²) < 4.78 is 1.07. The van der Waals surface area contributed by atoms with Crippen molar-refractivity contribution in [1.29, 1.82) is 0 Å². The second-order valence-corrected chi connectivity index (χ2v) is 2.72. The van der Waals surface area contributed by atoms with Gasteiger partial charge in [-0.2, -0.15) is 0 Å². The number of aromatic nitrogens is 1. The summed E-state index contributed by atoms with van der Waals surface area (Å²) in [5.74, 6) is 0. The molecule has 0 radical (unpaired) electrons. The van der Waals surface area contributed by atoms with Crippen LogP contribution in [-0.4, -0.2) is 4.98 Å². The van der Waals surface area contributed by atoms with Crippen LogP contribution in [0.1, 0.15) is 0 Å². The van der Waals surface area contributed by atoms with Gasteiger partial charge in [0.05, 0.1) is 3.70 Å². The Balaban J connectivity index is 3.04. The average Bonchev–Trinajstić information content (AvgIpc) is 1.87. The van der Waals surface area contributed by atoms with E-state index in [1.165, 1.54) is 0 Å². The van der Waals surface area contributed by atoms with Gasteiger partial charge in [-0.05, 0) is 34.7 Å². The van der Waals surface area contributed by atoms with E-state index < -0.39 is 0 Å². The predicted molar refractivity (Wildman–Crippen MR) is 38.5 cm³/mol. The number of hydrogen-bond donors (Lipinski definition) is 1. The number of hydrogen-bond acceptors (Lipinski definition) is 0. The summed E-state index contributed by atoms with van der Waals surface area (Å²) in [6.07, 6.45) is 0. The fourth-order valence-corrected chi connectivity index (χ4v) is 1.14. The molecule has 0 aliphatic heterocycles. The SMILES string of the molecule is Clc1ccc(I)[nH]1. The molecule has 1 nitrogen and oxygen atoms in total. The van der Waals surface area contributed by atoms with Crippen LogP contribution in [0.3, 0.4) is 0 Å². The van der Waals surface area contributed by atoms with Gasteiger partial charge in [0, 0.05) is 0 Å². The Bertz CT molecular complexity index is 144. The molecular weight excluding hydrogens is 224 g/mol. The minimum absolute atomic E-state index is 0.699. The molecule has 0 bridgehead atoms. The van der Waals surface area contributed by atoms with Gasteiger partial charge in [0.1, 0.15) is 5.15 Å². The molecule has 0 saturated carbocycles. The normalized spacial score (nSPS) is 9.43. The molecule has 38 valence electrons. The number of rotatable bonds is 0. The maximum Gasteiger partial charge on any atom is 0.107 e. The van der Waals surface area contributed by atoms with Crippen LogP contribution >= 0.6 is 34.2 Å². The largest absolute Gasteiger partial charge is 0.341 e. The van der Waals surface area contributed by atoms with Crippen molar-refractivity contribution in [1.82, 2.24) is 4.98 Å². The second kappa shape index (κ2) is 2.05. The van der Waals surface area contributed by atoms with E-state index in [0.717, 1.165) is 3.70 Å². The third-order valence-corrected chi connectivity index (χ3v) is 1.46. The Morgan fingerprint density at radius 1 is 1.57 bits per heavy atom. The maximum absolute atomic E-state index is 5.50. The van der Waals surface area contributed by atoms with Crippen molar-refractivity contribution >= 4 is 34.2 Å². The first-order chi connectivity index (χ1) is 3.29. The molecule has 1 aromatic rings. The van der Waals surface area contributed by atoms with Gasteiger partial charge in [0.2, 0.25) is 0 Å². The highest BCUT2D eigenvalue weighted by atomic mass is 127. The minimum Gasteiger partial charge on any atom is -0.341 e. The van der Waals surface area contributed by atoms with Crippen molar-refractivity contribution in [3.05, 3.63) is 21.0 Å². The van der Waals surface area contributed by atoms with Crippen LogP contribution in [0.15, 0.2) is 12.1 Å². The average molecular weight is 227 g/mol. The van der Waals surface area contributed by atoms with E-state index in [1.54, 1.807) is 0 Å². The fourth-order valence-electron chi connectivity index (χ4n) is 0.344. The predicted octanol–water partition coefficient (Wildman–Crippen LogP) is 2.27. The summed E-state index contributed by atoms with van der Waals surface area (Å²) in [5, 5.41) is 0.699. The summed E-state index contributed by atoms with van der Waals surface area (Å²) in [6.45, 7) is 0. The van der Waals surface area contributed by atoms with Gasteiger partial charge in [0.15, 0.2) is 0 Å². The first-order valence-electron chi connectivity index (χ1n) is 1.79. The quantitative estimate of drug-likeness (QED) is 0.655. The maximum atomic E-state index is 5.50. The molecule has 0 fully saturated rings. The van der Waals surface area contributed by atoms with E-state index in [2.05, 4.69) is 27.6 Å². The molecule has 1 aromatic heterocycles. The fraction of sp³-hybridized carbons (Fsp3) is 0. The van der Waals surface area contributed by atoms with Gasteiger partial charge < -0.3 is 4.98 Å². The van der Waals surface area contributed by atoms with E-state index in [-0.39, 0.29) is 0 Å². The van der Waals surface area contributed by atoms with Gasteiger partial charge in [-0.15, -0.1) is 0 Å². The number of aromatic amines is 1. The van der Waals surface area contributed by atoms with Crippen LogP contribution in [0.2, 0.25) is 5.15 Å². The molecule has 0 aliphatic carbocycles. The summed E-state index contributed by atoms with van der Waals surface area (Å²) in [6, 6.07) is 3.74. The van der Waals surface area contributed by atoms with E-state index in [9.17, 15) is 0 Å². The van der Waals surface area contributed by atoms with Crippen LogP contribution in [0.4, 0.5) is 0 Å². The first kappa shape index (κ1) is 5.44. The zero-order chi connectivity index (χ0) is 5.28. The molecular formula is C4H3ClIN. The third-order valence-electron chi connectivity index (χ3n) is 0.615. The lowest BCUT2D eigenvalue weighted by Gasteiger charge is -1.73. The molecule has 3 heteroatoms. The van der Waals surface area contributed by atoms with Crippen molar-refractivity contribution in [3.8, 4) is 0 Å². The van der Waals surface area contributed by atoms with Crippen molar-refractivity contribution < 1.29 is 0 Å². The smallest absolute Gasteiger partial charge is 0.107 e. The minimum atomic E-state index is 0.699. The van der Waals surface area contributed by atoms with Gasteiger partial charge in [-0.25, -0.2) is 0 Å². The topological polar surface area (TPSA) is 15.8 Å². The Morgan fingerprint density at radius 3 is 2.43 bits per heavy atom. The van der Waals surface area contributed by atoms with E-state index in [0.29, 0.717) is 5.15 Å². The van der Waals surface area contributed by atoms with Crippen LogP contribution in [0.5, 0.6) is 0 Å². The number of H-pyrrole nitrogens is 1. The number of halogens is 2. The lowest BCUT2D eigenvalue weighted by Crippen LogP contribution is -1.61. The highest BCUT2D eigenvalue weighted by molar-refractivity contribution is 14.1.